The van der Waals surface area contributed by atoms with Crippen molar-refractivity contribution in [2.24, 2.45) is 34.0 Å². The van der Waals surface area contributed by atoms with Crippen LogP contribution in [0.2, 0.25) is 0 Å². The Hall–Kier alpha value is -1.20. The van der Waals surface area contributed by atoms with Crippen molar-refractivity contribution in [3.8, 4) is 0 Å². The molecule has 0 amide bonds. The average molecular weight is 346 g/mol. The quantitative estimate of drug-likeness (QED) is 0.414. The normalized spacial score (nSPS) is 54.4. The molecule has 5 heteroatoms. The van der Waals surface area contributed by atoms with E-state index >= 15 is 0 Å². The Bertz CT molecular complexity index is 682. The van der Waals surface area contributed by atoms with E-state index in [1.54, 1.807) is 0 Å². The van der Waals surface area contributed by atoms with Crippen molar-refractivity contribution in [3.63, 3.8) is 0 Å². The van der Waals surface area contributed by atoms with E-state index in [9.17, 15) is 14.7 Å². The van der Waals surface area contributed by atoms with Gasteiger partial charge >= 0.3 is 5.97 Å². The molecule has 25 heavy (non-hydrogen) atoms. The molecule has 2 aliphatic heterocycles. The number of ketones is 1. The van der Waals surface area contributed by atoms with Gasteiger partial charge in [0.2, 0.25) is 0 Å². The number of hydrogen-bond acceptors (Lipinski definition) is 5. The Morgan fingerprint density at radius 2 is 2.00 bits per heavy atom. The lowest BCUT2D eigenvalue weighted by atomic mass is 9.45. The Morgan fingerprint density at radius 3 is 2.80 bits per heavy atom. The molecule has 5 aliphatic rings. The molecule has 7 atom stereocenters. The summed E-state index contributed by atoms with van der Waals surface area (Å²) >= 11 is 0. The highest BCUT2D eigenvalue weighted by molar-refractivity contribution is 6.15. The number of allylic oxidation sites excluding steroid dienone is 1. The van der Waals surface area contributed by atoms with E-state index < -0.39 is 11.7 Å². The van der Waals surface area contributed by atoms with Crippen LogP contribution in [-0.4, -0.2) is 36.4 Å². The van der Waals surface area contributed by atoms with Crippen LogP contribution in [0, 0.1) is 34.0 Å². The third-order valence-corrected chi connectivity index (χ3v) is 8.32. The SMILES string of the molecule is C=C1C(=O)C23CC1CCC2C1(CCCC2(C)COC(O)C21)COC3=O. The molecule has 5 rings (SSSR count). The van der Waals surface area contributed by atoms with E-state index in [-0.39, 0.29) is 40.3 Å². The number of aliphatic hydroxyl groups excluding tert-OH is 1. The van der Waals surface area contributed by atoms with E-state index in [1.165, 1.54) is 0 Å². The lowest BCUT2D eigenvalue weighted by molar-refractivity contribution is -0.225. The fourth-order valence-electron chi connectivity index (χ4n) is 7.33. The molecule has 2 spiro atoms. The summed E-state index contributed by atoms with van der Waals surface area (Å²) in [6.07, 6.45) is 4.38. The molecule has 0 aromatic heterocycles. The first-order chi connectivity index (χ1) is 11.9. The summed E-state index contributed by atoms with van der Waals surface area (Å²) in [4.78, 5) is 26.0. The van der Waals surface area contributed by atoms with Crippen molar-refractivity contribution in [1.82, 2.24) is 0 Å². The maximum absolute atomic E-state index is 13.1. The van der Waals surface area contributed by atoms with Gasteiger partial charge in [0.15, 0.2) is 12.1 Å². The minimum atomic E-state index is -1.06. The molecule has 7 unspecified atom stereocenters. The third kappa shape index (κ3) is 1.67. The van der Waals surface area contributed by atoms with Crippen LogP contribution in [0.15, 0.2) is 12.2 Å². The number of hydrogen-bond donors (Lipinski definition) is 1. The summed E-state index contributed by atoms with van der Waals surface area (Å²) in [6, 6.07) is 0. The Kier molecular flexibility index (Phi) is 3.04. The predicted molar refractivity (Wildman–Crippen MR) is 88.2 cm³/mol. The minimum absolute atomic E-state index is 0.0646. The fraction of sp³-hybridized carbons (Fsp3) is 0.800. The fourth-order valence-corrected chi connectivity index (χ4v) is 7.33. The van der Waals surface area contributed by atoms with Gasteiger partial charge in [0.25, 0.3) is 0 Å². The van der Waals surface area contributed by atoms with Crippen LogP contribution in [0.4, 0.5) is 0 Å². The maximum atomic E-state index is 13.1. The number of aliphatic hydroxyl groups is 1. The highest BCUT2D eigenvalue weighted by Gasteiger charge is 2.73. The highest BCUT2D eigenvalue weighted by Crippen LogP contribution is 2.69. The van der Waals surface area contributed by atoms with Gasteiger partial charge in [-0.25, -0.2) is 0 Å². The van der Waals surface area contributed by atoms with Gasteiger partial charge in [-0.1, -0.05) is 19.9 Å². The molecule has 3 aliphatic carbocycles. The van der Waals surface area contributed by atoms with Gasteiger partial charge in [-0.15, -0.1) is 0 Å². The number of fused-ring (bicyclic) bond motifs is 4. The van der Waals surface area contributed by atoms with Crippen molar-refractivity contribution in [2.45, 2.75) is 51.7 Å². The van der Waals surface area contributed by atoms with E-state index in [2.05, 4.69) is 13.5 Å². The van der Waals surface area contributed by atoms with Gasteiger partial charge in [0.05, 0.1) is 13.2 Å². The zero-order valence-corrected chi connectivity index (χ0v) is 14.8. The summed E-state index contributed by atoms with van der Waals surface area (Å²) in [5.74, 6) is -0.472. The van der Waals surface area contributed by atoms with Crippen molar-refractivity contribution in [3.05, 3.63) is 12.2 Å². The summed E-state index contributed by atoms with van der Waals surface area (Å²) < 4.78 is 11.4. The van der Waals surface area contributed by atoms with Crippen molar-refractivity contribution >= 4 is 11.8 Å². The molecule has 5 fully saturated rings. The summed E-state index contributed by atoms with van der Waals surface area (Å²) in [6.45, 7) is 7.02. The van der Waals surface area contributed by atoms with Gasteiger partial charge in [0.1, 0.15) is 5.41 Å². The Balaban J connectivity index is 1.67. The Morgan fingerprint density at radius 1 is 1.20 bits per heavy atom. The summed E-state index contributed by atoms with van der Waals surface area (Å²) in [7, 11) is 0. The summed E-state index contributed by atoms with van der Waals surface area (Å²) in [5.41, 5.74) is -0.919. The highest BCUT2D eigenvalue weighted by atomic mass is 16.6. The van der Waals surface area contributed by atoms with Gasteiger partial charge in [-0.05, 0) is 54.9 Å². The van der Waals surface area contributed by atoms with Gasteiger partial charge in [-0.2, -0.15) is 0 Å². The lowest BCUT2D eigenvalue weighted by Gasteiger charge is -2.60. The second-order valence-electron chi connectivity index (χ2n) is 9.35. The number of cyclic esters (lactones) is 1. The predicted octanol–water partition coefficient (Wildman–Crippen LogP) is 2.23. The van der Waals surface area contributed by atoms with Crippen LogP contribution in [-0.2, 0) is 19.1 Å². The monoisotopic (exact) mass is 346 g/mol. The van der Waals surface area contributed by atoms with Crippen LogP contribution in [0.25, 0.3) is 0 Å². The second-order valence-corrected chi connectivity index (χ2v) is 9.35. The zero-order valence-electron chi connectivity index (χ0n) is 14.8. The lowest BCUT2D eigenvalue weighted by Crippen LogP contribution is -2.64. The number of ether oxygens (including phenoxy) is 2. The molecule has 2 bridgehead atoms. The van der Waals surface area contributed by atoms with Crippen LogP contribution in [0.3, 0.4) is 0 Å². The van der Waals surface area contributed by atoms with Crippen molar-refractivity contribution < 1.29 is 24.2 Å². The molecule has 5 nitrogen and oxygen atoms in total. The molecule has 3 saturated carbocycles. The van der Waals surface area contributed by atoms with Crippen LogP contribution in [0.1, 0.15) is 45.4 Å². The largest absolute Gasteiger partial charge is 0.464 e. The molecule has 1 N–H and O–H groups in total. The molecule has 0 aromatic rings. The van der Waals surface area contributed by atoms with Gasteiger partial charge < -0.3 is 14.6 Å². The first-order valence-corrected chi connectivity index (χ1v) is 9.56. The summed E-state index contributed by atoms with van der Waals surface area (Å²) in [5, 5.41) is 10.7. The molecule has 2 saturated heterocycles. The average Bonchev–Trinajstić information content (AvgIpc) is 3.01. The number of esters is 1. The molecule has 0 aromatic carbocycles. The van der Waals surface area contributed by atoms with E-state index in [0.29, 0.717) is 25.2 Å². The van der Waals surface area contributed by atoms with Crippen LogP contribution < -0.4 is 0 Å². The van der Waals surface area contributed by atoms with Crippen molar-refractivity contribution in [2.75, 3.05) is 13.2 Å². The van der Waals surface area contributed by atoms with E-state index in [1.807, 2.05) is 0 Å². The van der Waals surface area contributed by atoms with E-state index in [4.69, 9.17) is 9.47 Å². The minimum Gasteiger partial charge on any atom is -0.464 e. The first-order valence-electron chi connectivity index (χ1n) is 9.56. The second kappa shape index (κ2) is 4.74. The Labute approximate surface area is 147 Å². The van der Waals surface area contributed by atoms with E-state index in [0.717, 1.165) is 32.1 Å². The maximum Gasteiger partial charge on any atom is 0.320 e. The van der Waals surface area contributed by atoms with Crippen molar-refractivity contribution in [1.29, 1.82) is 0 Å². The number of Topliss-reactive ketones (excluding diaryl/α,β-unsaturated/α-hetero) is 1. The zero-order chi connectivity index (χ0) is 17.6. The molecular weight excluding hydrogens is 320 g/mol. The van der Waals surface area contributed by atoms with Crippen LogP contribution >= 0.6 is 0 Å². The molecule has 136 valence electrons. The molecular formula is C20H26O5. The molecule has 0 radical (unpaired) electrons. The van der Waals surface area contributed by atoms with Crippen LogP contribution in [0.5, 0.6) is 0 Å². The third-order valence-electron chi connectivity index (χ3n) is 8.32. The standard InChI is InChI=1S/C20H26O5/c1-11-12-4-5-13-19(10-25-17(23)20(13,8-12)15(11)21)7-3-6-18(2)9-24-16(22)14(18)19/h12-14,16,22H,1,3-10H2,2H3. The number of carbonyl (C=O) groups is 2. The number of carbonyl (C=O) groups excluding carboxylic acids is 2. The van der Waals surface area contributed by atoms with Gasteiger partial charge in [-0.3, -0.25) is 9.59 Å². The smallest absolute Gasteiger partial charge is 0.320 e. The molecule has 2 heterocycles. The topological polar surface area (TPSA) is 72.8 Å². The van der Waals surface area contributed by atoms with Gasteiger partial charge in [0, 0.05) is 11.3 Å². The number of rotatable bonds is 0. The first kappa shape index (κ1) is 16.0.